The van der Waals surface area contributed by atoms with E-state index in [-0.39, 0.29) is 18.5 Å². The van der Waals surface area contributed by atoms with Crippen molar-refractivity contribution in [3.8, 4) is 0 Å². The predicted molar refractivity (Wildman–Crippen MR) is 165 cm³/mol. The normalized spacial score (nSPS) is 24.0. The van der Waals surface area contributed by atoms with Gasteiger partial charge in [-0.1, -0.05) is 137 Å². The molecule has 6 nitrogen and oxygen atoms in total. The third-order valence-electron chi connectivity index (χ3n) is 7.22. The van der Waals surface area contributed by atoms with Gasteiger partial charge in [0.05, 0.1) is 38.4 Å². The second-order valence-corrected chi connectivity index (χ2v) is 10.9. The summed E-state index contributed by atoms with van der Waals surface area (Å²) in [6.07, 6.45) is -2.74. The van der Waals surface area contributed by atoms with Crippen LogP contribution in [0.2, 0.25) is 0 Å². The van der Waals surface area contributed by atoms with Crippen LogP contribution in [0.5, 0.6) is 0 Å². The minimum absolute atomic E-state index is 0.116. The maximum Gasteiger partial charge on any atom is 0.205 e. The van der Waals surface area contributed by atoms with E-state index < -0.39 is 30.2 Å². The first-order valence-electron chi connectivity index (χ1n) is 14.2. The largest absolute Gasteiger partial charge is 0.374 e. The Morgan fingerprint density at radius 1 is 0.571 bits per heavy atom. The summed E-state index contributed by atoms with van der Waals surface area (Å²) in [6.45, 7) is 1.53. The van der Waals surface area contributed by atoms with Gasteiger partial charge in [0.25, 0.3) is 0 Å². The van der Waals surface area contributed by atoms with Crippen molar-refractivity contribution < 1.29 is 28.8 Å². The van der Waals surface area contributed by atoms with Crippen molar-refractivity contribution in [1.82, 2.24) is 0 Å². The molecule has 0 aliphatic carbocycles. The van der Waals surface area contributed by atoms with E-state index in [9.17, 15) is 5.11 Å². The van der Waals surface area contributed by atoms with Crippen LogP contribution in [0.3, 0.4) is 0 Å². The maximum atomic E-state index is 11.9. The van der Waals surface area contributed by atoms with Crippen molar-refractivity contribution in [2.24, 2.45) is 0 Å². The minimum Gasteiger partial charge on any atom is -0.374 e. The Morgan fingerprint density at radius 3 is 1.43 bits per heavy atom. The van der Waals surface area contributed by atoms with Crippen molar-refractivity contribution in [2.45, 2.75) is 56.6 Å². The second-order valence-electron chi connectivity index (χ2n) is 10.4. The lowest BCUT2D eigenvalue weighted by Crippen LogP contribution is -2.68. The van der Waals surface area contributed by atoms with Crippen LogP contribution in [0.15, 0.2) is 121 Å². The van der Waals surface area contributed by atoms with Gasteiger partial charge in [-0.2, -0.15) is 0 Å². The molecule has 0 bridgehead atoms. The summed E-state index contributed by atoms with van der Waals surface area (Å²) in [5, 5.41) is 12.0. The molecule has 1 aliphatic heterocycles. The summed E-state index contributed by atoms with van der Waals surface area (Å²) in [5.74, 6) is -1.69. The molecule has 0 radical (unpaired) electrons. The molecule has 1 saturated heterocycles. The molecule has 1 heterocycles. The third kappa shape index (κ3) is 8.36. The van der Waals surface area contributed by atoms with Gasteiger partial charge in [-0.05, 0) is 22.3 Å². The van der Waals surface area contributed by atoms with Crippen LogP contribution in [0.1, 0.15) is 22.3 Å². The summed E-state index contributed by atoms with van der Waals surface area (Å²) < 4.78 is 32.1. The second kappa shape index (κ2) is 15.5. The molecule has 0 amide bonds. The summed E-state index contributed by atoms with van der Waals surface area (Å²) in [7, 11) is 0. The minimum atomic E-state index is -1.69. The Labute approximate surface area is 256 Å². The molecule has 1 aliphatic rings. The zero-order chi connectivity index (χ0) is 29.0. The fourth-order valence-corrected chi connectivity index (χ4v) is 5.49. The van der Waals surface area contributed by atoms with E-state index >= 15 is 0 Å². The monoisotopic (exact) mass is 632 g/mol. The van der Waals surface area contributed by atoms with E-state index in [2.05, 4.69) is 15.9 Å². The van der Waals surface area contributed by atoms with E-state index in [1.165, 1.54) is 0 Å². The smallest absolute Gasteiger partial charge is 0.205 e. The first-order chi connectivity index (χ1) is 20.6. The Balaban J connectivity index is 1.42. The lowest BCUT2D eigenvalue weighted by atomic mass is 9.92. The molecule has 1 fully saturated rings. The van der Waals surface area contributed by atoms with Gasteiger partial charge in [0.15, 0.2) is 0 Å². The summed E-state index contributed by atoms with van der Waals surface area (Å²) in [6, 6.07) is 39.7. The number of rotatable bonds is 14. The Hall–Kier alpha value is -2.88. The number of ether oxygens (including phenoxy) is 5. The molecule has 0 saturated carbocycles. The van der Waals surface area contributed by atoms with E-state index in [4.69, 9.17) is 23.7 Å². The first-order valence-corrected chi connectivity index (χ1v) is 15.3. The van der Waals surface area contributed by atoms with E-state index in [1.54, 1.807) is 0 Å². The van der Waals surface area contributed by atoms with E-state index in [0.717, 1.165) is 22.3 Å². The highest BCUT2D eigenvalue weighted by Gasteiger charge is 2.55. The van der Waals surface area contributed by atoms with Crippen LogP contribution < -0.4 is 0 Å². The molecule has 5 atom stereocenters. The fourth-order valence-electron chi connectivity index (χ4n) is 5.04. The van der Waals surface area contributed by atoms with Crippen molar-refractivity contribution in [3.63, 3.8) is 0 Å². The van der Waals surface area contributed by atoms with E-state index in [0.29, 0.717) is 19.8 Å². The summed E-state index contributed by atoms with van der Waals surface area (Å²) in [5.41, 5.74) is 4.05. The van der Waals surface area contributed by atoms with Crippen molar-refractivity contribution >= 4 is 15.9 Å². The lowest BCUT2D eigenvalue weighted by Gasteiger charge is -2.49. The van der Waals surface area contributed by atoms with Gasteiger partial charge >= 0.3 is 0 Å². The standard InChI is InChI=1S/C35H37BrO6/c36-26-35(37)34(41-24-30-19-11-4-12-20-30)33(40-23-29-17-9-3-10-18-29)32(39-22-28-15-7-2-8-16-28)31(42-35)25-38-21-27-13-5-1-6-14-27/h1-20,31-34,37H,21-26H2/t31-,32-,33+,34+,35+/m1/s1. The van der Waals surface area contributed by atoms with Crippen LogP contribution in [-0.2, 0) is 50.1 Å². The van der Waals surface area contributed by atoms with Gasteiger partial charge in [0.1, 0.15) is 24.4 Å². The lowest BCUT2D eigenvalue weighted by molar-refractivity contribution is -0.361. The number of benzene rings is 4. The van der Waals surface area contributed by atoms with E-state index in [1.807, 2.05) is 121 Å². The zero-order valence-electron chi connectivity index (χ0n) is 23.5. The van der Waals surface area contributed by atoms with Gasteiger partial charge in [-0.15, -0.1) is 0 Å². The van der Waals surface area contributed by atoms with Crippen LogP contribution in [0, 0.1) is 0 Å². The third-order valence-corrected chi connectivity index (χ3v) is 8.02. The van der Waals surface area contributed by atoms with Crippen molar-refractivity contribution in [3.05, 3.63) is 144 Å². The average Bonchev–Trinajstić information content (AvgIpc) is 3.05. The van der Waals surface area contributed by atoms with Crippen molar-refractivity contribution in [1.29, 1.82) is 0 Å². The number of hydrogen-bond acceptors (Lipinski definition) is 6. The molecule has 0 unspecified atom stereocenters. The van der Waals surface area contributed by atoms with Gasteiger partial charge in [-0.25, -0.2) is 0 Å². The molecular formula is C35H37BrO6. The Morgan fingerprint density at radius 2 is 0.976 bits per heavy atom. The van der Waals surface area contributed by atoms with Crippen LogP contribution in [-0.4, -0.2) is 47.2 Å². The first kappa shape index (κ1) is 30.6. The highest BCUT2D eigenvalue weighted by atomic mass is 79.9. The van der Waals surface area contributed by atoms with Gasteiger partial charge in [-0.3, -0.25) is 0 Å². The molecule has 5 rings (SSSR count). The average molecular weight is 634 g/mol. The number of hydrogen-bond donors (Lipinski definition) is 1. The molecule has 220 valence electrons. The number of halogens is 1. The molecule has 4 aromatic rings. The van der Waals surface area contributed by atoms with Gasteiger partial charge in [0.2, 0.25) is 5.79 Å². The topological polar surface area (TPSA) is 66.4 Å². The Kier molecular flexibility index (Phi) is 11.3. The van der Waals surface area contributed by atoms with Crippen LogP contribution in [0.25, 0.3) is 0 Å². The summed E-state index contributed by atoms with van der Waals surface area (Å²) >= 11 is 3.49. The van der Waals surface area contributed by atoms with Crippen LogP contribution >= 0.6 is 15.9 Å². The van der Waals surface area contributed by atoms with Crippen molar-refractivity contribution in [2.75, 3.05) is 11.9 Å². The number of alkyl halides is 1. The molecule has 7 heteroatoms. The maximum absolute atomic E-state index is 11.9. The molecule has 0 spiro atoms. The molecule has 42 heavy (non-hydrogen) atoms. The number of aliphatic hydroxyl groups is 1. The molecule has 1 N–H and O–H groups in total. The summed E-state index contributed by atoms with van der Waals surface area (Å²) in [4.78, 5) is 0. The zero-order valence-corrected chi connectivity index (χ0v) is 25.1. The van der Waals surface area contributed by atoms with Crippen LogP contribution in [0.4, 0.5) is 0 Å². The molecular weight excluding hydrogens is 596 g/mol. The fraction of sp³-hybridized carbons (Fsp3) is 0.314. The highest BCUT2D eigenvalue weighted by Crippen LogP contribution is 2.36. The predicted octanol–water partition coefficient (Wildman–Crippen LogP) is 6.44. The highest BCUT2D eigenvalue weighted by molar-refractivity contribution is 9.09. The molecule has 4 aromatic carbocycles. The quantitative estimate of drug-likeness (QED) is 0.161. The molecule has 0 aromatic heterocycles. The SMILES string of the molecule is O[C@@]1(CBr)O[C@H](COCc2ccccc2)[C@@H](OCc2ccccc2)[C@H](OCc2ccccc2)[C@@H]1OCc1ccccc1. The van der Waals surface area contributed by atoms with Gasteiger partial charge in [0, 0.05) is 0 Å². The Bertz CT molecular complexity index is 1310. The van der Waals surface area contributed by atoms with Gasteiger partial charge < -0.3 is 28.8 Å².